The van der Waals surface area contributed by atoms with Gasteiger partial charge in [0.25, 0.3) is 5.91 Å². The Balaban J connectivity index is 1.99. The van der Waals surface area contributed by atoms with Crippen LogP contribution in [-0.2, 0) is 4.79 Å². The van der Waals surface area contributed by atoms with Gasteiger partial charge in [-0.15, -0.1) is 0 Å². The van der Waals surface area contributed by atoms with Crippen molar-refractivity contribution >= 4 is 34.8 Å². The van der Waals surface area contributed by atoms with E-state index < -0.39 is 5.91 Å². The molecule has 0 radical (unpaired) electrons. The van der Waals surface area contributed by atoms with Crippen LogP contribution < -0.4 is 19.5 Å². The zero-order chi connectivity index (χ0) is 16.8. The van der Waals surface area contributed by atoms with E-state index in [2.05, 4.69) is 15.3 Å². The summed E-state index contributed by atoms with van der Waals surface area (Å²) < 4.78 is 15.3. The van der Waals surface area contributed by atoms with E-state index >= 15 is 0 Å². The molecular formula is C14H13Cl2N3O4. The highest BCUT2D eigenvalue weighted by atomic mass is 35.5. The number of methoxy groups -OCH3 is 2. The number of anilines is 1. The number of hydrogen-bond donors (Lipinski definition) is 1. The second-order valence-electron chi connectivity index (χ2n) is 4.19. The zero-order valence-electron chi connectivity index (χ0n) is 12.3. The van der Waals surface area contributed by atoms with Crippen molar-refractivity contribution in [2.24, 2.45) is 0 Å². The lowest BCUT2D eigenvalue weighted by atomic mass is 10.3. The molecule has 122 valence electrons. The molecule has 0 atom stereocenters. The third-order valence-corrected chi connectivity index (χ3v) is 3.16. The van der Waals surface area contributed by atoms with E-state index in [1.807, 2.05) is 0 Å². The fourth-order valence-electron chi connectivity index (χ4n) is 1.61. The third kappa shape index (κ3) is 4.61. The number of rotatable bonds is 6. The Morgan fingerprint density at radius 1 is 1.26 bits per heavy atom. The Morgan fingerprint density at radius 2 is 2.04 bits per heavy atom. The highest BCUT2D eigenvalue weighted by molar-refractivity contribution is 6.35. The summed E-state index contributed by atoms with van der Waals surface area (Å²) in [5, 5.41) is 3.37. The molecule has 1 heterocycles. The fourth-order valence-corrected chi connectivity index (χ4v) is 2.08. The molecule has 0 aliphatic heterocycles. The van der Waals surface area contributed by atoms with E-state index in [4.69, 9.17) is 37.4 Å². The molecule has 1 aromatic heterocycles. The highest BCUT2D eigenvalue weighted by Crippen LogP contribution is 2.27. The number of halogens is 2. The van der Waals surface area contributed by atoms with Gasteiger partial charge in [0.2, 0.25) is 5.88 Å². The molecule has 0 saturated carbocycles. The molecule has 0 aliphatic rings. The smallest absolute Gasteiger partial charge is 0.319 e. The molecule has 9 heteroatoms. The quantitative estimate of drug-likeness (QED) is 0.855. The Labute approximate surface area is 142 Å². The number of nitrogens with one attached hydrogen (secondary N) is 1. The van der Waals surface area contributed by atoms with Gasteiger partial charge < -0.3 is 19.5 Å². The second-order valence-corrected chi connectivity index (χ2v) is 5.03. The van der Waals surface area contributed by atoms with Crippen LogP contribution in [0.3, 0.4) is 0 Å². The van der Waals surface area contributed by atoms with Gasteiger partial charge in [-0.2, -0.15) is 4.98 Å². The number of ether oxygens (including phenoxy) is 3. The maximum absolute atomic E-state index is 11.9. The van der Waals surface area contributed by atoms with Gasteiger partial charge >= 0.3 is 6.01 Å². The molecule has 0 unspecified atom stereocenters. The van der Waals surface area contributed by atoms with Crippen molar-refractivity contribution in [3.63, 3.8) is 0 Å². The van der Waals surface area contributed by atoms with Crippen LogP contribution in [0.1, 0.15) is 0 Å². The summed E-state index contributed by atoms with van der Waals surface area (Å²) in [5.74, 6) is 0.0990. The first-order valence-electron chi connectivity index (χ1n) is 6.36. The van der Waals surface area contributed by atoms with Gasteiger partial charge in [-0.3, -0.25) is 4.79 Å². The molecule has 23 heavy (non-hydrogen) atoms. The average molecular weight is 358 g/mol. The molecule has 0 fully saturated rings. The highest BCUT2D eigenvalue weighted by Gasteiger charge is 2.12. The van der Waals surface area contributed by atoms with Crippen LogP contribution in [0.25, 0.3) is 0 Å². The van der Waals surface area contributed by atoms with Gasteiger partial charge in [-0.05, 0) is 18.2 Å². The summed E-state index contributed by atoms with van der Waals surface area (Å²) >= 11 is 11.7. The molecule has 1 N–H and O–H groups in total. The summed E-state index contributed by atoms with van der Waals surface area (Å²) in [7, 11) is 2.85. The lowest BCUT2D eigenvalue weighted by Crippen LogP contribution is -2.21. The van der Waals surface area contributed by atoms with Gasteiger partial charge in [-0.25, -0.2) is 4.98 Å². The molecular weight excluding hydrogens is 345 g/mol. The average Bonchev–Trinajstić information content (AvgIpc) is 2.54. The molecule has 7 nitrogen and oxygen atoms in total. The van der Waals surface area contributed by atoms with E-state index in [9.17, 15) is 4.79 Å². The summed E-state index contributed by atoms with van der Waals surface area (Å²) in [6.45, 7) is -0.253. The van der Waals surface area contributed by atoms with Gasteiger partial charge in [0.1, 0.15) is 11.4 Å². The predicted octanol–water partition coefficient (Wildman–Crippen LogP) is 2.82. The van der Waals surface area contributed by atoms with Gasteiger partial charge in [-0.1, -0.05) is 23.2 Å². The number of aromatic nitrogens is 2. The zero-order valence-corrected chi connectivity index (χ0v) is 13.8. The Hall–Kier alpha value is -2.25. The summed E-state index contributed by atoms with van der Waals surface area (Å²) in [6.07, 6.45) is 1.37. The van der Waals surface area contributed by atoms with E-state index in [1.165, 1.54) is 26.5 Å². The minimum Gasteiger partial charge on any atom is -0.482 e. The van der Waals surface area contributed by atoms with Crippen LogP contribution in [-0.4, -0.2) is 36.7 Å². The van der Waals surface area contributed by atoms with Gasteiger partial charge in [0, 0.05) is 5.02 Å². The van der Waals surface area contributed by atoms with E-state index in [1.54, 1.807) is 12.1 Å². The van der Waals surface area contributed by atoms with Gasteiger partial charge in [0.05, 0.1) is 25.4 Å². The number of benzene rings is 1. The standard InChI is InChI=1S/C14H13Cl2N3O4/c1-21-13-10(6-17-14(19-13)22-2)18-12(20)7-23-11-4-3-8(15)5-9(11)16/h3-6H,7H2,1-2H3,(H,18,20). The van der Waals surface area contributed by atoms with E-state index in [0.717, 1.165) is 0 Å². The topological polar surface area (TPSA) is 82.6 Å². The van der Waals surface area contributed by atoms with Crippen molar-refractivity contribution < 1.29 is 19.0 Å². The first-order valence-corrected chi connectivity index (χ1v) is 7.11. The van der Waals surface area contributed by atoms with Crippen LogP contribution in [0, 0.1) is 0 Å². The Kier molecular flexibility index (Phi) is 5.84. The van der Waals surface area contributed by atoms with Gasteiger partial charge in [0.15, 0.2) is 6.61 Å². The first kappa shape index (κ1) is 17.1. The molecule has 0 bridgehead atoms. The SMILES string of the molecule is COc1ncc(NC(=O)COc2ccc(Cl)cc2Cl)c(OC)n1. The van der Waals surface area contributed by atoms with Crippen molar-refractivity contribution in [1.82, 2.24) is 9.97 Å². The van der Waals surface area contributed by atoms with Crippen molar-refractivity contribution in [3.8, 4) is 17.6 Å². The van der Waals surface area contributed by atoms with Crippen LogP contribution in [0.5, 0.6) is 17.6 Å². The molecule has 1 aromatic carbocycles. The number of hydrogen-bond acceptors (Lipinski definition) is 6. The fraction of sp³-hybridized carbons (Fsp3) is 0.214. The predicted molar refractivity (Wildman–Crippen MR) is 85.7 cm³/mol. The van der Waals surface area contributed by atoms with Crippen molar-refractivity contribution in [1.29, 1.82) is 0 Å². The molecule has 0 aliphatic carbocycles. The van der Waals surface area contributed by atoms with Crippen LogP contribution in [0.2, 0.25) is 10.0 Å². The largest absolute Gasteiger partial charge is 0.482 e. The first-order chi connectivity index (χ1) is 11.0. The number of amides is 1. The normalized spacial score (nSPS) is 10.1. The lowest BCUT2D eigenvalue weighted by Gasteiger charge is -2.11. The van der Waals surface area contributed by atoms with E-state index in [0.29, 0.717) is 21.5 Å². The summed E-state index contributed by atoms with van der Waals surface area (Å²) in [4.78, 5) is 19.8. The van der Waals surface area contributed by atoms with Crippen molar-refractivity contribution in [3.05, 3.63) is 34.4 Å². The molecule has 0 saturated heterocycles. The Bertz CT molecular complexity index is 712. The monoisotopic (exact) mass is 357 g/mol. The lowest BCUT2D eigenvalue weighted by molar-refractivity contribution is -0.118. The van der Waals surface area contributed by atoms with Crippen LogP contribution in [0.4, 0.5) is 5.69 Å². The van der Waals surface area contributed by atoms with Crippen LogP contribution in [0.15, 0.2) is 24.4 Å². The minimum atomic E-state index is -0.428. The maximum Gasteiger partial charge on any atom is 0.319 e. The second kappa shape index (κ2) is 7.85. The number of nitrogens with zero attached hydrogens (tertiary/aromatic N) is 2. The maximum atomic E-state index is 11.9. The van der Waals surface area contributed by atoms with Crippen molar-refractivity contribution in [2.75, 3.05) is 26.1 Å². The van der Waals surface area contributed by atoms with Crippen molar-refractivity contribution in [2.45, 2.75) is 0 Å². The summed E-state index contributed by atoms with van der Waals surface area (Å²) in [6, 6.07) is 4.84. The Morgan fingerprint density at radius 3 is 2.70 bits per heavy atom. The molecule has 0 spiro atoms. The third-order valence-electron chi connectivity index (χ3n) is 2.63. The van der Waals surface area contributed by atoms with Crippen LogP contribution >= 0.6 is 23.2 Å². The van der Waals surface area contributed by atoms with E-state index in [-0.39, 0.29) is 18.5 Å². The molecule has 2 aromatic rings. The summed E-state index contributed by atoms with van der Waals surface area (Å²) in [5.41, 5.74) is 0.295. The molecule has 2 rings (SSSR count). The number of carbonyl (C=O) groups excluding carboxylic acids is 1. The number of carbonyl (C=O) groups is 1. The molecule has 1 amide bonds. The minimum absolute atomic E-state index is 0.129.